The fourth-order valence-corrected chi connectivity index (χ4v) is 3.44. The minimum Gasteiger partial charge on any atom is -0.392 e. The first-order chi connectivity index (χ1) is 9.43. The molecule has 108 valence electrons. The van der Waals surface area contributed by atoms with Crippen LogP contribution in [0.5, 0.6) is 0 Å². The summed E-state index contributed by atoms with van der Waals surface area (Å²) < 4.78 is 0. The molecule has 0 aromatic heterocycles. The molecule has 4 heteroatoms. The standard InChI is InChI=1S/C16H21NO3/c1-16(2,20)14(10-6-7-10)17-8-11-4-3-5-12(9-18)13(11)15(17)19/h3-5,10,14,18,20H,6-9H2,1-2H3/t14-/m1/s1. The van der Waals surface area contributed by atoms with E-state index in [1.54, 1.807) is 24.8 Å². The highest BCUT2D eigenvalue weighted by Crippen LogP contribution is 2.43. The van der Waals surface area contributed by atoms with E-state index >= 15 is 0 Å². The smallest absolute Gasteiger partial charge is 0.255 e. The number of fused-ring (bicyclic) bond motifs is 1. The molecule has 0 radical (unpaired) electrons. The molecule has 1 heterocycles. The van der Waals surface area contributed by atoms with Crippen LogP contribution in [0.3, 0.4) is 0 Å². The summed E-state index contributed by atoms with van der Waals surface area (Å²) in [5.41, 5.74) is 1.36. The van der Waals surface area contributed by atoms with Crippen molar-refractivity contribution in [2.75, 3.05) is 0 Å². The normalized spacial score (nSPS) is 20.2. The average Bonchev–Trinajstić information content (AvgIpc) is 3.14. The molecule has 1 aliphatic heterocycles. The van der Waals surface area contributed by atoms with Gasteiger partial charge in [0.1, 0.15) is 0 Å². The molecule has 1 amide bonds. The van der Waals surface area contributed by atoms with Crippen LogP contribution in [0, 0.1) is 5.92 Å². The van der Waals surface area contributed by atoms with Gasteiger partial charge in [0.25, 0.3) is 5.91 Å². The number of rotatable bonds is 4. The first kappa shape index (κ1) is 13.6. The van der Waals surface area contributed by atoms with Crippen molar-refractivity contribution in [3.8, 4) is 0 Å². The third-order valence-electron chi connectivity index (χ3n) is 4.35. The molecule has 1 atom stereocenters. The molecule has 0 bridgehead atoms. The highest BCUT2D eigenvalue weighted by Gasteiger charge is 2.48. The first-order valence-corrected chi connectivity index (χ1v) is 7.18. The van der Waals surface area contributed by atoms with Gasteiger partial charge in [-0.15, -0.1) is 0 Å². The Morgan fingerprint density at radius 1 is 1.40 bits per heavy atom. The number of hydrogen-bond acceptors (Lipinski definition) is 3. The number of carbonyl (C=O) groups excluding carboxylic acids is 1. The predicted molar refractivity (Wildman–Crippen MR) is 75.0 cm³/mol. The lowest BCUT2D eigenvalue weighted by molar-refractivity contribution is -0.0224. The van der Waals surface area contributed by atoms with Gasteiger partial charge >= 0.3 is 0 Å². The van der Waals surface area contributed by atoms with E-state index in [0.29, 0.717) is 23.6 Å². The Morgan fingerprint density at radius 2 is 2.10 bits per heavy atom. The summed E-state index contributed by atoms with van der Waals surface area (Å²) in [6.07, 6.45) is 2.14. The van der Waals surface area contributed by atoms with Gasteiger partial charge in [0.05, 0.1) is 23.8 Å². The molecular formula is C16H21NO3. The van der Waals surface area contributed by atoms with Crippen molar-refractivity contribution in [2.24, 2.45) is 5.92 Å². The van der Waals surface area contributed by atoms with Gasteiger partial charge in [0.15, 0.2) is 0 Å². The van der Waals surface area contributed by atoms with Gasteiger partial charge in [0.2, 0.25) is 0 Å². The second kappa shape index (κ2) is 4.57. The number of benzene rings is 1. The number of aliphatic hydroxyl groups is 2. The fraction of sp³-hybridized carbons (Fsp3) is 0.562. The van der Waals surface area contributed by atoms with Crippen LogP contribution in [-0.2, 0) is 13.2 Å². The van der Waals surface area contributed by atoms with Crippen LogP contribution in [0.1, 0.15) is 48.2 Å². The van der Waals surface area contributed by atoms with Gasteiger partial charge in [-0.3, -0.25) is 4.79 Å². The second-order valence-corrected chi connectivity index (χ2v) is 6.48. The zero-order valence-electron chi connectivity index (χ0n) is 12.0. The molecule has 4 nitrogen and oxygen atoms in total. The van der Waals surface area contributed by atoms with Crippen LogP contribution >= 0.6 is 0 Å². The van der Waals surface area contributed by atoms with E-state index in [9.17, 15) is 15.0 Å². The topological polar surface area (TPSA) is 60.8 Å². The third-order valence-corrected chi connectivity index (χ3v) is 4.35. The number of carbonyl (C=O) groups is 1. The summed E-state index contributed by atoms with van der Waals surface area (Å²) in [5.74, 6) is 0.342. The van der Waals surface area contributed by atoms with Crippen LogP contribution in [0.15, 0.2) is 18.2 Å². The van der Waals surface area contributed by atoms with E-state index in [0.717, 1.165) is 18.4 Å². The molecule has 1 aromatic rings. The van der Waals surface area contributed by atoms with E-state index in [1.165, 1.54) is 0 Å². The number of aliphatic hydroxyl groups excluding tert-OH is 1. The van der Waals surface area contributed by atoms with Gasteiger partial charge in [-0.25, -0.2) is 0 Å². The lowest BCUT2D eigenvalue weighted by Gasteiger charge is -2.37. The zero-order chi connectivity index (χ0) is 14.5. The van der Waals surface area contributed by atoms with Gasteiger partial charge < -0.3 is 15.1 Å². The van der Waals surface area contributed by atoms with Gasteiger partial charge in [-0.2, -0.15) is 0 Å². The largest absolute Gasteiger partial charge is 0.392 e. The van der Waals surface area contributed by atoms with Crippen molar-refractivity contribution >= 4 is 5.91 Å². The van der Waals surface area contributed by atoms with Crippen LogP contribution in [-0.4, -0.2) is 32.7 Å². The minimum atomic E-state index is -0.905. The molecule has 0 saturated heterocycles. The predicted octanol–water partition coefficient (Wildman–Crippen LogP) is 1.68. The molecular weight excluding hydrogens is 254 g/mol. The molecule has 1 aliphatic carbocycles. The SMILES string of the molecule is CC(C)(O)[C@@H](C1CC1)N1Cc2cccc(CO)c2C1=O. The van der Waals surface area contributed by atoms with Gasteiger partial charge in [-0.05, 0) is 43.7 Å². The van der Waals surface area contributed by atoms with Crippen LogP contribution in [0.4, 0.5) is 0 Å². The Morgan fingerprint density at radius 3 is 2.65 bits per heavy atom. The Bertz CT molecular complexity index is 543. The number of nitrogens with zero attached hydrogens (tertiary/aromatic N) is 1. The molecule has 20 heavy (non-hydrogen) atoms. The molecule has 0 spiro atoms. The Balaban J connectivity index is 1.97. The Kier molecular flexibility index (Phi) is 3.10. The van der Waals surface area contributed by atoms with Crippen LogP contribution < -0.4 is 0 Å². The Hall–Kier alpha value is -1.39. The summed E-state index contributed by atoms with van der Waals surface area (Å²) in [7, 11) is 0. The van der Waals surface area contributed by atoms with Crippen LogP contribution in [0.25, 0.3) is 0 Å². The lowest BCUT2D eigenvalue weighted by atomic mass is 9.93. The van der Waals surface area contributed by atoms with Crippen molar-refractivity contribution < 1.29 is 15.0 Å². The molecule has 2 aliphatic rings. The zero-order valence-corrected chi connectivity index (χ0v) is 12.0. The third kappa shape index (κ3) is 2.13. The highest BCUT2D eigenvalue weighted by atomic mass is 16.3. The second-order valence-electron chi connectivity index (χ2n) is 6.48. The summed E-state index contributed by atoms with van der Waals surface area (Å²) in [4.78, 5) is 14.5. The molecule has 1 fully saturated rings. The summed E-state index contributed by atoms with van der Waals surface area (Å²) in [6, 6.07) is 5.45. The average molecular weight is 275 g/mol. The minimum absolute atomic E-state index is 0.0522. The Labute approximate surface area is 119 Å². The molecule has 3 rings (SSSR count). The number of amides is 1. The molecule has 0 unspecified atom stereocenters. The van der Waals surface area contributed by atoms with Crippen molar-refractivity contribution in [1.29, 1.82) is 0 Å². The van der Waals surface area contributed by atoms with E-state index < -0.39 is 5.60 Å². The van der Waals surface area contributed by atoms with E-state index in [2.05, 4.69) is 0 Å². The summed E-state index contributed by atoms with van der Waals surface area (Å²) in [5, 5.41) is 19.8. The molecule has 1 saturated carbocycles. The quantitative estimate of drug-likeness (QED) is 0.879. The number of hydrogen-bond donors (Lipinski definition) is 2. The molecule has 1 aromatic carbocycles. The van der Waals surface area contributed by atoms with Crippen molar-refractivity contribution in [3.63, 3.8) is 0 Å². The maximum Gasteiger partial charge on any atom is 0.255 e. The van der Waals surface area contributed by atoms with E-state index in [4.69, 9.17) is 0 Å². The maximum absolute atomic E-state index is 12.7. The monoisotopic (exact) mass is 275 g/mol. The van der Waals surface area contributed by atoms with Gasteiger partial charge in [-0.1, -0.05) is 18.2 Å². The first-order valence-electron chi connectivity index (χ1n) is 7.18. The van der Waals surface area contributed by atoms with E-state index in [-0.39, 0.29) is 18.6 Å². The summed E-state index contributed by atoms with van der Waals surface area (Å²) >= 11 is 0. The van der Waals surface area contributed by atoms with Gasteiger partial charge in [0, 0.05) is 6.54 Å². The fourth-order valence-electron chi connectivity index (χ4n) is 3.44. The maximum atomic E-state index is 12.7. The van der Waals surface area contributed by atoms with Crippen molar-refractivity contribution in [2.45, 2.75) is 51.5 Å². The lowest BCUT2D eigenvalue weighted by Crippen LogP contribution is -2.51. The van der Waals surface area contributed by atoms with E-state index in [1.807, 2.05) is 12.1 Å². The van der Waals surface area contributed by atoms with Crippen LogP contribution in [0.2, 0.25) is 0 Å². The molecule has 2 N–H and O–H groups in total. The van der Waals surface area contributed by atoms with Crippen molar-refractivity contribution in [1.82, 2.24) is 4.90 Å². The highest BCUT2D eigenvalue weighted by molar-refractivity contribution is 6.00. The van der Waals surface area contributed by atoms with Crippen molar-refractivity contribution in [3.05, 3.63) is 34.9 Å². The summed E-state index contributed by atoms with van der Waals surface area (Å²) in [6.45, 7) is 3.96.